The monoisotopic (exact) mass is 243 g/mol. The standard InChI is InChI=1S/C11H21N3O3/c1-8(2)4-6-13-10(16)11(17)14(7-5-12)9(3)15/h8H,4-7,12H2,1-3H3,(H,13,16). The van der Waals surface area contributed by atoms with Crippen molar-refractivity contribution in [3.63, 3.8) is 0 Å². The van der Waals surface area contributed by atoms with Crippen molar-refractivity contribution in [3.05, 3.63) is 0 Å². The molecule has 0 unspecified atom stereocenters. The van der Waals surface area contributed by atoms with Crippen molar-refractivity contribution in [2.75, 3.05) is 19.6 Å². The van der Waals surface area contributed by atoms with Crippen LogP contribution in [0.4, 0.5) is 0 Å². The van der Waals surface area contributed by atoms with E-state index in [-0.39, 0.29) is 13.1 Å². The summed E-state index contributed by atoms with van der Waals surface area (Å²) in [6, 6.07) is 0. The van der Waals surface area contributed by atoms with Crippen LogP contribution in [0.15, 0.2) is 0 Å². The predicted octanol–water partition coefficient (Wildman–Crippen LogP) is -0.517. The Kier molecular flexibility index (Phi) is 7.13. The number of nitrogens with zero attached hydrogens (tertiary/aromatic N) is 1. The van der Waals surface area contributed by atoms with Crippen LogP contribution in [0.1, 0.15) is 27.2 Å². The fourth-order valence-corrected chi connectivity index (χ4v) is 1.20. The highest BCUT2D eigenvalue weighted by molar-refractivity contribution is 6.37. The molecule has 6 heteroatoms. The van der Waals surface area contributed by atoms with E-state index < -0.39 is 17.7 Å². The topological polar surface area (TPSA) is 92.5 Å². The summed E-state index contributed by atoms with van der Waals surface area (Å²) in [5.41, 5.74) is 5.27. The molecule has 0 atom stereocenters. The van der Waals surface area contributed by atoms with Crippen LogP contribution >= 0.6 is 0 Å². The first-order chi connectivity index (χ1) is 7.90. The van der Waals surface area contributed by atoms with Crippen molar-refractivity contribution in [2.45, 2.75) is 27.2 Å². The fourth-order valence-electron chi connectivity index (χ4n) is 1.20. The Morgan fingerprint density at radius 1 is 1.29 bits per heavy atom. The molecule has 0 aliphatic carbocycles. The van der Waals surface area contributed by atoms with Crippen molar-refractivity contribution in [1.82, 2.24) is 10.2 Å². The fraction of sp³-hybridized carbons (Fsp3) is 0.727. The van der Waals surface area contributed by atoms with Gasteiger partial charge in [-0.3, -0.25) is 19.3 Å². The van der Waals surface area contributed by atoms with Gasteiger partial charge in [0.25, 0.3) is 0 Å². The normalized spacial score (nSPS) is 10.2. The Hall–Kier alpha value is -1.43. The maximum absolute atomic E-state index is 11.6. The Bertz CT molecular complexity index is 290. The van der Waals surface area contributed by atoms with Crippen LogP contribution in [0.3, 0.4) is 0 Å². The quantitative estimate of drug-likeness (QED) is 0.636. The van der Waals surface area contributed by atoms with Gasteiger partial charge in [0.05, 0.1) is 0 Å². The molecular formula is C11H21N3O3. The van der Waals surface area contributed by atoms with Crippen LogP contribution in [-0.4, -0.2) is 42.3 Å². The maximum atomic E-state index is 11.6. The number of hydrogen-bond donors (Lipinski definition) is 2. The molecule has 0 aromatic heterocycles. The lowest BCUT2D eigenvalue weighted by Gasteiger charge is -2.17. The first kappa shape index (κ1) is 15.6. The van der Waals surface area contributed by atoms with Crippen molar-refractivity contribution in [3.8, 4) is 0 Å². The summed E-state index contributed by atoms with van der Waals surface area (Å²) >= 11 is 0. The van der Waals surface area contributed by atoms with Gasteiger partial charge in [0, 0.05) is 26.6 Å². The summed E-state index contributed by atoms with van der Waals surface area (Å²) in [4.78, 5) is 35.0. The van der Waals surface area contributed by atoms with Crippen LogP contribution in [0.2, 0.25) is 0 Å². The lowest BCUT2D eigenvalue weighted by molar-refractivity contribution is -0.151. The molecule has 0 saturated carbocycles. The highest BCUT2D eigenvalue weighted by atomic mass is 16.2. The molecule has 0 saturated heterocycles. The lowest BCUT2D eigenvalue weighted by Crippen LogP contribution is -2.47. The first-order valence-corrected chi connectivity index (χ1v) is 5.70. The molecule has 3 N–H and O–H groups in total. The molecule has 0 aliphatic rings. The molecule has 3 amide bonds. The third-order valence-electron chi connectivity index (χ3n) is 2.18. The number of carbonyl (C=O) groups excluding carboxylic acids is 3. The summed E-state index contributed by atoms with van der Waals surface area (Å²) in [6.07, 6.45) is 0.788. The van der Waals surface area contributed by atoms with Crippen LogP contribution < -0.4 is 11.1 Å². The van der Waals surface area contributed by atoms with E-state index in [4.69, 9.17) is 5.73 Å². The van der Waals surface area contributed by atoms with Gasteiger partial charge in [0.2, 0.25) is 5.91 Å². The summed E-state index contributed by atoms with van der Waals surface area (Å²) < 4.78 is 0. The molecule has 0 rings (SSSR count). The van der Waals surface area contributed by atoms with E-state index in [0.717, 1.165) is 11.3 Å². The van der Waals surface area contributed by atoms with Crippen LogP contribution in [0.25, 0.3) is 0 Å². The molecule has 0 aliphatic heterocycles. The smallest absolute Gasteiger partial charge is 0.318 e. The summed E-state index contributed by atoms with van der Waals surface area (Å²) in [7, 11) is 0. The first-order valence-electron chi connectivity index (χ1n) is 5.70. The van der Waals surface area contributed by atoms with Gasteiger partial charge in [0.15, 0.2) is 0 Å². The van der Waals surface area contributed by atoms with E-state index in [9.17, 15) is 14.4 Å². The Balaban J connectivity index is 4.26. The average molecular weight is 243 g/mol. The number of rotatable bonds is 5. The predicted molar refractivity (Wildman–Crippen MR) is 63.9 cm³/mol. The van der Waals surface area contributed by atoms with Gasteiger partial charge in [-0.25, -0.2) is 0 Å². The SMILES string of the molecule is CC(=O)N(CCN)C(=O)C(=O)NCCC(C)C. The number of nitrogens with one attached hydrogen (secondary N) is 1. The third kappa shape index (κ3) is 6.01. The van der Waals surface area contributed by atoms with Crippen LogP contribution in [0.5, 0.6) is 0 Å². The van der Waals surface area contributed by atoms with Gasteiger partial charge in [-0.2, -0.15) is 0 Å². The van der Waals surface area contributed by atoms with E-state index in [1.807, 2.05) is 13.8 Å². The second-order valence-electron chi connectivity index (χ2n) is 4.20. The minimum absolute atomic E-state index is 0.0613. The number of amides is 3. The van der Waals surface area contributed by atoms with E-state index in [0.29, 0.717) is 12.5 Å². The minimum Gasteiger partial charge on any atom is -0.348 e. The van der Waals surface area contributed by atoms with E-state index in [1.165, 1.54) is 6.92 Å². The molecule has 0 aromatic rings. The molecule has 0 fully saturated rings. The van der Waals surface area contributed by atoms with Gasteiger partial charge >= 0.3 is 11.8 Å². The highest BCUT2D eigenvalue weighted by Gasteiger charge is 2.23. The zero-order valence-electron chi connectivity index (χ0n) is 10.7. The van der Waals surface area contributed by atoms with E-state index in [2.05, 4.69) is 5.32 Å². The van der Waals surface area contributed by atoms with E-state index in [1.54, 1.807) is 0 Å². The highest BCUT2D eigenvalue weighted by Crippen LogP contribution is 1.97. The minimum atomic E-state index is -0.841. The Labute approximate surface area is 102 Å². The van der Waals surface area contributed by atoms with Crippen LogP contribution in [-0.2, 0) is 14.4 Å². The number of imide groups is 1. The summed E-state index contributed by atoms with van der Waals surface area (Å²) in [5.74, 6) is -1.63. The van der Waals surface area contributed by atoms with Crippen molar-refractivity contribution >= 4 is 17.7 Å². The molecule has 0 spiro atoms. The van der Waals surface area contributed by atoms with Gasteiger partial charge < -0.3 is 11.1 Å². The van der Waals surface area contributed by atoms with Gasteiger partial charge in [-0.1, -0.05) is 13.8 Å². The molecule has 6 nitrogen and oxygen atoms in total. The zero-order valence-corrected chi connectivity index (χ0v) is 10.7. The zero-order chi connectivity index (χ0) is 13.4. The molecule has 0 radical (unpaired) electrons. The van der Waals surface area contributed by atoms with E-state index >= 15 is 0 Å². The lowest BCUT2D eigenvalue weighted by atomic mass is 10.1. The molecule has 98 valence electrons. The van der Waals surface area contributed by atoms with Gasteiger partial charge in [0.1, 0.15) is 0 Å². The third-order valence-corrected chi connectivity index (χ3v) is 2.18. The van der Waals surface area contributed by atoms with Crippen molar-refractivity contribution in [2.24, 2.45) is 11.7 Å². The van der Waals surface area contributed by atoms with Gasteiger partial charge in [-0.05, 0) is 12.3 Å². The molecular weight excluding hydrogens is 222 g/mol. The number of hydrogen-bond acceptors (Lipinski definition) is 4. The van der Waals surface area contributed by atoms with Crippen molar-refractivity contribution in [1.29, 1.82) is 0 Å². The number of nitrogens with two attached hydrogens (primary N) is 1. The Morgan fingerprint density at radius 2 is 1.88 bits per heavy atom. The van der Waals surface area contributed by atoms with Crippen LogP contribution in [0, 0.1) is 5.92 Å². The largest absolute Gasteiger partial charge is 0.348 e. The average Bonchev–Trinajstić information content (AvgIpc) is 2.23. The molecule has 0 bridgehead atoms. The summed E-state index contributed by atoms with van der Waals surface area (Å²) in [6.45, 7) is 5.90. The maximum Gasteiger partial charge on any atom is 0.318 e. The Morgan fingerprint density at radius 3 is 2.29 bits per heavy atom. The summed E-state index contributed by atoms with van der Waals surface area (Å²) in [5, 5.41) is 2.48. The molecule has 0 heterocycles. The van der Waals surface area contributed by atoms with Crippen molar-refractivity contribution < 1.29 is 14.4 Å². The van der Waals surface area contributed by atoms with Gasteiger partial charge in [-0.15, -0.1) is 0 Å². The second kappa shape index (κ2) is 7.78. The number of carbonyl (C=O) groups is 3. The second-order valence-corrected chi connectivity index (χ2v) is 4.20. The molecule has 0 aromatic carbocycles. The molecule has 17 heavy (non-hydrogen) atoms.